The van der Waals surface area contributed by atoms with Gasteiger partial charge in [-0.3, -0.25) is 4.79 Å². The minimum absolute atomic E-state index is 0.0660. The van der Waals surface area contributed by atoms with Crippen molar-refractivity contribution in [3.63, 3.8) is 0 Å². The number of benzene rings is 1. The van der Waals surface area contributed by atoms with Crippen LogP contribution in [0.2, 0.25) is 0 Å². The fraction of sp³-hybridized carbons (Fsp3) is 0.500. The molecule has 0 aliphatic rings. The lowest BCUT2D eigenvalue weighted by Crippen LogP contribution is -2.24. The lowest BCUT2D eigenvalue weighted by molar-refractivity contribution is -0.116. The Balaban J connectivity index is 2.33. The Labute approximate surface area is 117 Å². The molecule has 3 nitrogen and oxygen atoms in total. The van der Waals surface area contributed by atoms with E-state index in [1.165, 1.54) is 0 Å². The summed E-state index contributed by atoms with van der Waals surface area (Å²) in [6, 6.07) is 6.31. The smallest absolute Gasteiger partial charge is 0.224 e. The van der Waals surface area contributed by atoms with Crippen molar-refractivity contribution in [3.05, 3.63) is 28.2 Å². The SMILES string of the molecule is Cc1ccc(NC(=O)CCCNC(C)C)cc1Br. The van der Waals surface area contributed by atoms with Gasteiger partial charge in [0.15, 0.2) is 0 Å². The molecular formula is C14H21BrN2O. The van der Waals surface area contributed by atoms with Crippen molar-refractivity contribution >= 4 is 27.5 Å². The van der Waals surface area contributed by atoms with Gasteiger partial charge < -0.3 is 10.6 Å². The summed E-state index contributed by atoms with van der Waals surface area (Å²) in [6.07, 6.45) is 1.41. The van der Waals surface area contributed by atoms with Gasteiger partial charge in [-0.1, -0.05) is 35.8 Å². The predicted molar refractivity (Wildman–Crippen MR) is 79.9 cm³/mol. The first-order chi connectivity index (χ1) is 8.49. The molecule has 0 aromatic heterocycles. The van der Waals surface area contributed by atoms with Gasteiger partial charge in [0.2, 0.25) is 5.91 Å². The number of halogens is 1. The van der Waals surface area contributed by atoms with E-state index in [4.69, 9.17) is 0 Å². The average Bonchev–Trinajstić information content (AvgIpc) is 2.29. The largest absolute Gasteiger partial charge is 0.326 e. The topological polar surface area (TPSA) is 41.1 Å². The van der Waals surface area contributed by atoms with Gasteiger partial charge >= 0.3 is 0 Å². The van der Waals surface area contributed by atoms with Crippen LogP contribution in [0.1, 0.15) is 32.3 Å². The molecule has 100 valence electrons. The molecule has 2 N–H and O–H groups in total. The monoisotopic (exact) mass is 312 g/mol. The van der Waals surface area contributed by atoms with Gasteiger partial charge in [-0.15, -0.1) is 0 Å². The Hall–Kier alpha value is -0.870. The first kappa shape index (κ1) is 15.2. The molecule has 0 bridgehead atoms. The number of carbonyl (C=O) groups excluding carboxylic acids is 1. The maximum atomic E-state index is 11.7. The van der Waals surface area contributed by atoms with E-state index in [1.54, 1.807) is 0 Å². The Morgan fingerprint density at radius 2 is 2.11 bits per heavy atom. The van der Waals surface area contributed by atoms with Crippen molar-refractivity contribution in [1.82, 2.24) is 5.32 Å². The van der Waals surface area contributed by atoms with Crippen LogP contribution in [-0.4, -0.2) is 18.5 Å². The third-order valence-electron chi connectivity index (χ3n) is 2.59. The number of anilines is 1. The molecule has 0 atom stereocenters. The third-order valence-corrected chi connectivity index (χ3v) is 3.44. The summed E-state index contributed by atoms with van der Waals surface area (Å²) >= 11 is 3.45. The van der Waals surface area contributed by atoms with Gasteiger partial charge in [-0.05, 0) is 37.6 Å². The predicted octanol–water partition coefficient (Wildman–Crippen LogP) is 3.47. The zero-order valence-electron chi connectivity index (χ0n) is 11.2. The molecule has 0 aliphatic heterocycles. The lowest BCUT2D eigenvalue weighted by atomic mass is 10.2. The fourth-order valence-corrected chi connectivity index (χ4v) is 1.91. The van der Waals surface area contributed by atoms with Crippen LogP contribution in [0.25, 0.3) is 0 Å². The van der Waals surface area contributed by atoms with Crippen LogP contribution in [0.5, 0.6) is 0 Å². The molecule has 1 amide bonds. The molecule has 0 spiro atoms. The van der Waals surface area contributed by atoms with Crippen molar-refractivity contribution in [2.75, 3.05) is 11.9 Å². The maximum absolute atomic E-state index is 11.7. The molecule has 0 heterocycles. The highest BCUT2D eigenvalue weighted by molar-refractivity contribution is 9.10. The minimum Gasteiger partial charge on any atom is -0.326 e. The number of hydrogen-bond acceptors (Lipinski definition) is 2. The third kappa shape index (κ3) is 5.65. The standard InChI is InChI=1S/C14H21BrN2O/c1-10(2)16-8-4-5-14(18)17-12-7-6-11(3)13(15)9-12/h6-7,9-10,16H,4-5,8H2,1-3H3,(H,17,18). The molecule has 0 aliphatic carbocycles. The zero-order chi connectivity index (χ0) is 13.5. The van der Waals surface area contributed by atoms with Crippen molar-refractivity contribution in [2.24, 2.45) is 0 Å². The van der Waals surface area contributed by atoms with Gasteiger partial charge in [-0.2, -0.15) is 0 Å². The zero-order valence-corrected chi connectivity index (χ0v) is 12.8. The van der Waals surface area contributed by atoms with Crippen molar-refractivity contribution in [1.29, 1.82) is 0 Å². The second-order valence-electron chi connectivity index (χ2n) is 4.72. The van der Waals surface area contributed by atoms with Crippen LogP contribution in [0.4, 0.5) is 5.69 Å². The highest BCUT2D eigenvalue weighted by Crippen LogP contribution is 2.20. The lowest BCUT2D eigenvalue weighted by Gasteiger charge is -2.09. The number of hydrogen-bond donors (Lipinski definition) is 2. The molecule has 0 unspecified atom stereocenters. The second kappa shape index (κ2) is 7.54. The molecule has 0 saturated heterocycles. The summed E-state index contributed by atoms with van der Waals surface area (Å²) in [7, 11) is 0. The van der Waals surface area contributed by atoms with E-state index in [2.05, 4.69) is 40.4 Å². The molecule has 18 heavy (non-hydrogen) atoms. The number of amides is 1. The van der Waals surface area contributed by atoms with Gasteiger partial charge in [0.25, 0.3) is 0 Å². The number of aryl methyl sites for hydroxylation is 1. The highest BCUT2D eigenvalue weighted by Gasteiger charge is 2.03. The van der Waals surface area contributed by atoms with Gasteiger partial charge in [-0.25, -0.2) is 0 Å². The van der Waals surface area contributed by atoms with Crippen molar-refractivity contribution in [2.45, 2.75) is 39.7 Å². The number of carbonyl (C=O) groups is 1. The van der Waals surface area contributed by atoms with Crippen LogP contribution < -0.4 is 10.6 Å². The van der Waals surface area contributed by atoms with E-state index in [1.807, 2.05) is 25.1 Å². The normalized spacial score (nSPS) is 10.7. The summed E-state index contributed by atoms with van der Waals surface area (Å²) in [5.41, 5.74) is 2.00. The molecular weight excluding hydrogens is 292 g/mol. The Morgan fingerprint density at radius 1 is 1.39 bits per heavy atom. The van der Waals surface area contributed by atoms with E-state index < -0.39 is 0 Å². The van der Waals surface area contributed by atoms with Gasteiger partial charge in [0.05, 0.1) is 0 Å². The first-order valence-electron chi connectivity index (χ1n) is 6.28. The Kier molecular flexibility index (Phi) is 6.36. The number of rotatable bonds is 6. The minimum atomic E-state index is 0.0660. The maximum Gasteiger partial charge on any atom is 0.224 e. The van der Waals surface area contributed by atoms with Crippen LogP contribution in [0.3, 0.4) is 0 Å². The molecule has 0 radical (unpaired) electrons. The molecule has 1 aromatic rings. The summed E-state index contributed by atoms with van der Waals surface area (Å²) in [6.45, 7) is 7.10. The van der Waals surface area contributed by atoms with Crippen LogP contribution in [0.15, 0.2) is 22.7 Å². The van der Waals surface area contributed by atoms with Crippen LogP contribution in [0, 0.1) is 6.92 Å². The van der Waals surface area contributed by atoms with E-state index in [0.29, 0.717) is 12.5 Å². The van der Waals surface area contributed by atoms with Crippen molar-refractivity contribution < 1.29 is 4.79 Å². The summed E-state index contributed by atoms with van der Waals surface area (Å²) in [5, 5.41) is 6.20. The van der Waals surface area contributed by atoms with Crippen LogP contribution in [-0.2, 0) is 4.79 Å². The first-order valence-corrected chi connectivity index (χ1v) is 7.07. The van der Waals surface area contributed by atoms with Crippen LogP contribution >= 0.6 is 15.9 Å². The summed E-state index contributed by atoms with van der Waals surface area (Å²) in [5.74, 6) is 0.0660. The van der Waals surface area contributed by atoms with Gasteiger partial charge in [0.1, 0.15) is 0 Å². The van der Waals surface area contributed by atoms with Crippen molar-refractivity contribution in [3.8, 4) is 0 Å². The van der Waals surface area contributed by atoms with E-state index in [0.717, 1.165) is 28.7 Å². The Bertz CT molecular complexity index is 405. The quantitative estimate of drug-likeness (QED) is 0.790. The molecule has 1 aromatic carbocycles. The summed E-state index contributed by atoms with van der Waals surface area (Å²) < 4.78 is 1.02. The van der Waals surface area contributed by atoms with E-state index >= 15 is 0 Å². The van der Waals surface area contributed by atoms with E-state index in [9.17, 15) is 4.79 Å². The van der Waals surface area contributed by atoms with Gasteiger partial charge in [0, 0.05) is 22.6 Å². The molecule has 1 rings (SSSR count). The fourth-order valence-electron chi connectivity index (χ4n) is 1.53. The average molecular weight is 313 g/mol. The molecule has 0 fully saturated rings. The Morgan fingerprint density at radius 3 is 2.72 bits per heavy atom. The summed E-state index contributed by atoms with van der Waals surface area (Å²) in [4.78, 5) is 11.7. The molecule has 0 saturated carbocycles. The van der Waals surface area contributed by atoms with E-state index in [-0.39, 0.29) is 5.91 Å². The highest BCUT2D eigenvalue weighted by atomic mass is 79.9. The molecule has 4 heteroatoms. The number of nitrogens with one attached hydrogen (secondary N) is 2. The second-order valence-corrected chi connectivity index (χ2v) is 5.58.